The van der Waals surface area contributed by atoms with E-state index in [2.05, 4.69) is 15.3 Å². The third-order valence-corrected chi connectivity index (χ3v) is 4.34. The van der Waals surface area contributed by atoms with Gasteiger partial charge in [0.25, 0.3) is 0 Å². The van der Waals surface area contributed by atoms with E-state index in [4.69, 9.17) is 0 Å². The number of piperidine rings is 1. The fourth-order valence-electron chi connectivity index (χ4n) is 3.14. The molecule has 1 aromatic rings. The van der Waals surface area contributed by atoms with Gasteiger partial charge >= 0.3 is 6.18 Å². The van der Waals surface area contributed by atoms with Crippen molar-refractivity contribution in [1.29, 1.82) is 0 Å². The second-order valence-electron chi connectivity index (χ2n) is 5.68. The van der Waals surface area contributed by atoms with Crippen LogP contribution in [0.3, 0.4) is 0 Å². The first kappa shape index (κ1) is 16.3. The van der Waals surface area contributed by atoms with Gasteiger partial charge in [-0.15, -0.1) is 12.4 Å². The van der Waals surface area contributed by atoms with Gasteiger partial charge in [-0.2, -0.15) is 13.2 Å². The fraction of sp³-hybridized carbons (Fsp3) is 0.692. The molecular formula is C13H18ClF3N4. The van der Waals surface area contributed by atoms with Gasteiger partial charge in [0.1, 0.15) is 5.82 Å². The maximum Gasteiger partial charge on any atom is 0.434 e. The first-order valence-corrected chi connectivity index (χ1v) is 6.84. The zero-order chi connectivity index (χ0) is 14.2. The van der Waals surface area contributed by atoms with E-state index >= 15 is 0 Å². The maximum absolute atomic E-state index is 12.7. The Balaban J connectivity index is 0.00000161. The minimum atomic E-state index is -4.44. The Hall–Kier alpha value is -1.08. The molecule has 0 bridgehead atoms. The van der Waals surface area contributed by atoms with Crippen molar-refractivity contribution in [3.63, 3.8) is 0 Å². The van der Waals surface area contributed by atoms with Crippen LogP contribution in [0.15, 0.2) is 12.4 Å². The van der Waals surface area contributed by atoms with E-state index in [9.17, 15) is 13.2 Å². The largest absolute Gasteiger partial charge is 0.434 e. The number of nitrogens with one attached hydrogen (secondary N) is 1. The van der Waals surface area contributed by atoms with Gasteiger partial charge in [0.2, 0.25) is 0 Å². The lowest BCUT2D eigenvalue weighted by molar-refractivity contribution is -0.141. The molecule has 118 valence electrons. The van der Waals surface area contributed by atoms with Crippen LogP contribution in [0.1, 0.15) is 25.0 Å². The standard InChI is InChI=1S/C13H17F3N4.ClH/c14-13(15,16)10-7-18-8-11(19-10)20-6-3-12(9-20)1-4-17-5-2-12;/h7-8,17H,1-6,9H2;1H. The summed E-state index contributed by atoms with van der Waals surface area (Å²) in [5.41, 5.74) is -0.678. The van der Waals surface area contributed by atoms with Crippen molar-refractivity contribution in [2.75, 3.05) is 31.1 Å². The zero-order valence-electron chi connectivity index (χ0n) is 11.5. The molecule has 3 heterocycles. The molecule has 1 aromatic heterocycles. The van der Waals surface area contributed by atoms with Gasteiger partial charge in [0, 0.05) is 13.1 Å². The summed E-state index contributed by atoms with van der Waals surface area (Å²) in [4.78, 5) is 9.36. The highest BCUT2D eigenvalue weighted by Gasteiger charge is 2.40. The minimum absolute atomic E-state index is 0. The monoisotopic (exact) mass is 322 g/mol. The Labute approximate surface area is 127 Å². The SMILES string of the molecule is Cl.FC(F)(F)c1cncc(N2CCC3(CCNCC3)C2)n1. The molecule has 2 saturated heterocycles. The number of hydrogen-bond acceptors (Lipinski definition) is 4. The second-order valence-corrected chi connectivity index (χ2v) is 5.68. The summed E-state index contributed by atoms with van der Waals surface area (Å²) < 4.78 is 38.0. The molecule has 21 heavy (non-hydrogen) atoms. The molecule has 8 heteroatoms. The van der Waals surface area contributed by atoms with Crippen LogP contribution in [-0.2, 0) is 6.18 Å². The lowest BCUT2D eigenvalue weighted by Gasteiger charge is -2.33. The van der Waals surface area contributed by atoms with E-state index in [1.165, 1.54) is 6.20 Å². The lowest BCUT2D eigenvalue weighted by atomic mass is 9.78. The highest BCUT2D eigenvalue weighted by Crippen LogP contribution is 2.40. The Morgan fingerprint density at radius 2 is 1.86 bits per heavy atom. The number of alkyl halides is 3. The zero-order valence-corrected chi connectivity index (χ0v) is 12.3. The smallest absolute Gasteiger partial charge is 0.355 e. The second kappa shape index (κ2) is 5.96. The first-order valence-electron chi connectivity index (χ1n) is 6.84. The molecule has 2 aliphatic rings. The van der Waals surface area contributed by atoms with Crippen molar-refractivity contribution in [3.05, 3.63) is 18.1 Å². The van der Waals surface area contributed by atoms with Gasteiger partial charge in [-0.3, -0.25) is 4.98 Å². The van der Waals surface area contributed by atoms with Crippen LogP contribution in [0.5, 0.6) is 0 Å². The quantitative estimate of drug-likeness (QED) is 0.862. The molecule has 4 nitrogen and oxygen atoms in total. The minimum Gasteiger partial charge on any atom is -0.355 e. The van der Waals surface area contributed by atoms with Crippen molar-refractivity contribution < 1.29 is 13.2 Å². The Morgan fingerprint density at radius 1 is 1.14 bits per heavy atom. The fourth-order valence-corrected chi connectivity index (χ4v) is 3.14. The summed E-state index contributed by atoms with van der Waals surface area (Å²) in [5, 5.41) is 3.32. The highest BCUT2D eigenvalue weighted by molar-refractivity contribution is 5.85. The Kier molecular flexibility index (Phi) is 4.63. The van der Waals surface area contributed by atoms with E-state index in [-0.39, 0.29) is 17.8 Å². The van der Waals surface area contributed by atoms with Crippen LogP contribution >= 0.6 is 12.4 Å². The number of aromatic nitrogens is 2. The van der Waals surface area contributed by atoms with Gasteiger partial charge < -0.3 is 10.2 Å². The van der Waals surface area contributed by atoms with Gasteiger partial charge in [-0.25, -0.2) is 4.98 Å². The topological polar surface area (TPSA) is 41.1 Å². The van der Waals surface area contributed by atoms with Gasteiger partial charge in [-0.05, 0) is 37.8 Å². The summed E-state index contributed by atoms with van der Waals surface area (Å²) >= 11 is 0. The van der Waals surface area contributed by atoms with Crippen LogP contribution in [0, 0.1) is 5.41 Å². The molecule has 0 aromatic carbocycles. The molecule has 3 rings (SSSR count). The molecule has 0 amide bonds. The van der Waals surface area contributed by atoms with E-state index in [0.717, 1.165) is 51.6 Å². The van der Waals surface area contributed by atoms with Crippen molar-refractivity contribution in [2.24, 2.45) is 5.41 Å². The van der Waals surface area contributed by atoms with Gasteiger partial charge in [-0.1, -0.05) is 0 Å². The number of anilines is 1. The van der Waals surface area contributed by atoms with E-state index in [1.54, 1.807) is 0 Å². The maximum atomic E-state index is 12.7. The van der Waals surface area contributed by atoms with Crippen molar-refractivity contribution in [1.82, 2.24) is 15.3 Å². The van der Waals surface area contributed by atoms with E-state index in [1.807, 2.05) is 4.90 Å². The third kappa shape index (κ3) is 3.40. The van der Waals surface area contributed by atoms with Crippen LogP contribution < -0.4 is 10.2 Å². The summed E-state index contributed by atoms with van der Waals surface area (Å²) in [6.45, 7) is 3.52. The third-order valence-electron chi connectivity index (χ3n) is 4.34. The summed E-state index contributed by atoms with van der Waals surface area (Å²) in [6.07, 6.45) is 0.947. The van der Waals surface area contributed by atoms with E-state index in [0.29, 0.717) is 5.82 Å². The summed E-state index contributed by atoms with van der Waals surface area (Å²) in [5.74, 6) is 0.343. The Morgan fingerprint density at radius 3 is 2.52 bits per heavy atom. The summed E-state index contributed by atoms with van der Waals surface area (Å²) in [7, 11) is 0. The molecule has 0 unspecified atom stereocenters. The van der Waals surface area contributed by atoms with Gasteiger partial charge in [0.15, 0.2) is 5.69 Å². The number of nitrogens with zero attached hydrogens (tertiary/aromatic N) is 3. The van der Waals surface area contributed by atoms with Crippen molar-refractivity contribution >= 4 is 18.2 Å². The van der Waals surface area contributed by atoms with Crippen LogP contribution in [0.2, 0.25) is 0 Å². The van der Waals surface area contributed by atoms with Gasteiger partial charge in [0.05, 0.1) is 12.4 Å². The average molecular weight is 323 g/mol. The molecular weight excluding hydrogens is 305 g/mol. The molecule has 0 radical (unpaired) electrons. The van der Waals surface area contributed by atoms with Crippen molar-refractivity contribution in [2.45, 2.75) is 25.4 Å². The molecule has 2 aliphatic heterocycles. The van der Waals surface area contributed by atoms with Crippen LogP contribution in [-0.4, -0.2) is 36.1 Å². The molecule has 0 atom stereocenters. The molecule has 0 aliphatic carbocycles. The predicted molar refractivity (Wildman–Crippen MR) is 75.6 cm³/mol. The van der Waals surface area contributed by atoms with E-state index < -0.39 is 11.9 Å². The van der Waals surface area contributed by atoms with Crippen molar-refractivity contribution in [3.8, 4) is 0 Å². The molecule has 0 saturated carbocycles. The normalized spacial score (nSPS) is 21.4. The average Bonchev–Trinajstić information content (AvgIpc) is 2.83. The van der Waals surface area contributed by atoms with Crippen LogP contribution in [0.4, 0.5) is 19.0 Å². The molecule has 1 N–H and O–H groups in total. The number of rotatable bonds is 1. The predicted octanol–water partition coefficient (Wildman–Crippen LogP) is 2.50. The first-order chi connectivity index (χ1) is 9.49. The summed E-state index contributed by atoms with van der Waals surface area (Å²) in [6, 6.07) is 0. The Bertz CT molecular complexity index is 489. The molecule has 1 spiro atoms. The number of hydrogen-bond donors (Lipinski definition) is 1. The number of halogens is 4. The molecule has 2 fully saturated rings. The lowest BCUT2D eigenvalue weighted by Crippen LogP contribution is -2.38. The van der Waals surface area contributed by atoms with Crippen LogP contribution in [0.25, 0.3) is 0 Å². The highest BCUT2D eigenvalue weighted by atomic mass is 35.5.